The molecule has 14 heavy (non-hydrogen) atoms. The average Bonchev–Trinajstić information content (AvgIpc) is 2.19. The van der Waals surface area contributed by atoms with Crippen LogP contribution in [0.4, 0.5) is 5.82 Å². The molecule has 1 aromatic heterocycles. The van der Waals surface area contributed by atoms with Crippen molar-refractivity contribution in [2.75, 3.05) is 0 Å². The van der Waals surface area contributed by atoms with Gasteiger partial charge in [0.15, 0.2) is 0 Å². The second-order valence-electron chi connectivity index (χ2n) is 2.51. The summed E-state index contributed by atoms with van der Waals surface area (Å²) in [5.41, 5.74) is 0.734. The highest BCUT2D eigenvalue weighted by Crippen LogP contribution is 2.08. The first-order valence-electron chi connectivity index (χ1n) is 3.94. The van der Waals surface area contributed by atoms with E-state index in [1.807, 2.05) is 0 Å². The fourth-order valence-corrected chi connectivity index (χ4v) is 0.864. The topological polar surface area (TPSA) is 73.1 Å². The summed E-state index contributed by atoms with van der Waals surface area (Å²) in [6.45, 7) is 0. The lowest BCUT2D eigenvalue weighted by Gasteiger charge is -1.91. The lowest BCUT2D eigenvalue weighted by atomic mass is 10.2. The zero-order valence-electron chi connectivity index (χ0n) is 7.29. The van der Waals surface area contributed by atoms with Gasteiger partial charge in [-0.25, -0.2) is 0 Å². The fraction of sp³-hybridized carbons (Fsp3) is 0.111. The van der Waals surface area contributed by atoms with Crippen molar-refractivity contribution in [2.24, 2.45) is 0 Å². The molecule has 0 saturated heterocycles. The van der Waals surface area contributed by atoms with Crippen LogP contribution < -0.4 is 0 Å². The van der Waals surface area contributed by atoms with E-state index in [0.717, 1.165) is 11.8 Å². The molecule has 0 aliphatic heterocycles. The first kappa shape index (κ1) is 10.0. The second-order valence-corrected chi connectivity index (χ2v) is 2.51. The Morgan fingerprint density at radius 1 is 1.50 bits per heavy atom. The first-order chi connectivity index (χ1) is 6.74. The van der Waals surface area contributed by atoms with E-state index >= 15 is 0 Å². The van der Waals surface area contributed by atoms with Crippen molar-refractivity contribution in [3.8, 4) is 0 Å². The number of carbonyl (C=O) groups is 1. The number of rotatable bonds is 4. The molecule has 0 aliphatic rings. The van der Waals surface area contributed by atoms with E-state index in [1.165, 1.54) is 12.3 Å². The van der Waals surface area contributed by atoms with E-state index in [0.29, 0.717) is 6.42 Å². The van der Waals surface area contributed by atoms with E-state index in [9.17, 15) is 14.9 Å². The van der Waals surface area contributed by atoms with Gasteiger partial charge in [0, 0.05) is 18.1 Å². The lowest BCUT2D eigenvalue weighted by Crippen LogP contribution is -1.90. The van der Waals surface area contributed by atoms with Crippen molar-refractivity contribution in [3.05, 3.63) is 40.1 Å². The van der Waals surface area contributed by atoms with Gasteiger partial charge in [-0.1, -0.05) is 12.2 Å². The molecule has 0 saturated carbocycles. The summed E-state index contributed by atoms with van der Waals surface area (Å²) < 4.78 is 0. The largest absolute Gasteiger partial charge is 0.363 e. The molecule has 1 heterocycles. The number of aromatic nitrogens is 1. The molecule has 0 aliphatic carbocycles. The SMILES string of the molecule is O=CCC=Cc1ccc([N+](=O)[O-])nc1. The molecule has 72 valence electrons. The van der Waals surface area contributed by atoms with E-state index in [-0.39, 0.29) is 5.82 Å². The summed E-state index contributed by atoms with van der Waals surface area (Å²) >= 11 is 0. The molecule has 0 fully saturated rings. The Balaban J connectivity index is 2.73. The average molecular weight is 192 g/mol. The van der Waals surface area contributed by atoms with Crippen LogP contribution in [0.5, 0.6) is 0 Å². The Kier molecular flexibility index (Phi) is 3.49. The number of hydrogen-bond donors (Lipinski definition) is 0. The smallest absolute Gasteiger partial charge is 0.358 e. The van der Waals surface area contributed by atoms with Gasteiger partial charge in [-0.15, -0.1) is 0 Å². The molecular weight excluding hydrogens is 184 g/mol. The van der Waals surface area contributed by atoms with Gasteiger partial charge in [-0.05, 0) is 16.0 Å². The van der Waals surface area contributed by atoms with Crippen LogP contribution in [0.3, 0.4) is 0 Å². The van der Waals surface area contributed by atoms with Crippen LogP contribution >= 0.6 is 0 Å². The summed E-state index contributed by atoms with van der Waals surface area (Å²) in [6.07, 6.45) is 5.84. The van der Waals surface area contributed by atoms with E-state index < -0.39 is 4.92 Å². The molecule has 0 atom stereocenters. The highest BCUT2D eigenvalue weighted by molar-refractivity contribution is 5.57. The minimum atomic E-state index is -0.557. The number of carbonyl (C=O) groups excluding carboxylic acids is 1. The highest BCUT2D eigenvalue weighted by Gasteiger charge is 2.03. The van der Waals surface area contributed by atoms with Gasteiger partial charge < -0.3 is 14.9 Å². The molecule has 5 heteroatoms. The minimum Gasteiger partial charge on any atom is -0.358 e. The second kappa shape index (κ2) is 4.86. The maximum Gasteiger partial charge on any atom is 0.363 e. The quantitative estimate of drug-likeness (QED) is 0.412. The Hall–Kier alpha value is -2.04. The zero-order valence-corrected chi connectivity index (χ0v) is 7.29. The summed E-state index contributed by atoms with van der Waals surface area (Å²) in [4.78, 5) is 23.3. The Bertz CT molecular complexity index is 357. The summed E-state index contributed by atoms with van der Waals surface area (Å²) in [7, 11) is 0. The number of aldehydes is 1. The molecule has 0 radical (unpaired) electrons. The number of hydrogen-bond acceptors (Lipinski definition) is 4. The van der Waals surface area contributed by atoms with Crippen molar-refractivity contribution >= 4 is 18.2 Å². The molecular formula is C9H8N2O3. The van der Waals surface area contributed by atoms with E-state index in [2.05, 4.69) is 4.98 Å². The van der Waals surface area contributed by atoms with Crippen LogP contribution in [0.15, 0.2) is 24.4 Å². The first-order valence-corrected chi connectivity index (χ1v) is 3.94. The standard InChI is InChI=1S/C9H8N2O3/c12-6-2-1-3-8-4-5-9(10-7-8)11(13)14/h1,3-7H,2H2. The van der Waals surface area contributed by atoms with Crippen molar-refractivity contribution in [1.29, 1.82) is 0 Å². The normalized spacial score (nSPS) is 10.3. The molecule has 0 bridgehead atoms. The van der Waals surface area contributed by atoms with Gasteiger partial charge in [0.2, 0.25) is 0 Å². The molecule has 0 spiro atoms. The number of nitrogens with zero attached hydrogens (tertiary/aromatic N) is 2. The number of nitro groups is 1. The van der Waals surface area contributed by atoms with Crippen molar-refractivity contribution in [1.82, 2.24) is 4.98 Å². The zero-order chi connectivity index (χ0) is 10.4. The Morgan fingerprint density at radius 3 is 2.79 bits per heavy atom. The van der Waals surface area contributed by atoms with Gasteiger partial charge in [0.05, 0.1) is 0 Å². The van der Waals surface area contributed by atoms with Crippen molar-refractivity contribution in [2.45, 2.75) is 6.42 Å². The maximum absolute atomic E-state index is 10.3. The molecule has 0 aromatic carbocycles. The third kappa shape index (κ3) is 2.78. The number of allylic oxidation sites excluding steroid dienone is 1. The fourth-order valence-electron chi connectivity index (χ4n) is 0.864. The summed E-state index contributed by atoms with van der Waals surface area (Å²) in [5, 5.41) is 10.3. The summed E-state index contributed by atoms with van der Waals surface area (Å²) in [5.74, 6) is -0.183. The van der Waals surface area contributed by atoms with Crippen molar-refractivity contribution in [3.63, 3.8) is 0 Å². The molecule has 0 N–H and O–H groups in total. The molecule has 1 aromatic rings. The van der Waals surface area contributed by atoms with Crippen LogP contribution in [0.1, 0.15) is 12.0 Å². The predicted molar refractivity (Wildman–Crippen MR) is 50.6 cm³/mol. The third-order valence-electron chi connectivity index (χ3n) is 1.50. The molecule has 5 nitrogen and oxygen atoms in total. The molecule has 0 unspecified atom stereocenters. The Morgan fingerprint density at radius 2 is 2.29 bits per heavy atom. The van der Waals surface area contributed by atoms with Crippen molar-refractivity contribution < 1.29 is 9.72 Å². The molecule has 1 rings (SSSR count). The van der Waals surface area contributed by atoms with Gasteiger partial charge in [-0.2, -0.15) is 0 Å². The lowest BCUT2D eigenvalue weighted by molar-refractivity contribution is -0.389. The third-order valence-corrected chi connectivity index (χ3v) is 1.50. The summed E-state index contributed by atoms with van der Waals surface area (Å²) in [6, 6.07) is 2.90. The van der Waals surface area contributed by atoms with Crippen LogP contribution in [0.25, 0.3) is 6.08 Å². The Labute approximate surface area is 80.2 Å². The highest BCUT2D eigenvalue weighted by atomic mass is 16.6. The van der Waals surface area contributed by atoms with Gasteiger partial charge in [0.25, 0.3) is 0 Å². The number of pyridine rings is 1. The predicted octanol–water partition coefficient (Wildman–Crippen LogP) is 1.59. The van der Waals surface area contributed by atoms with Gasteiger partial charge in [0.1, 0.15) is 12.5 Å². The van der Waals surface area contributed by atoms with Crippen LogP contribution in [0, 0.1) is 10.1 Å². The maximum atomic E-state index is 10.3. The minimum absolute atomic E-state index is 0.183. The van der Waals surface area contributed by atoms with E-state index in [4.69, 9.17) is 0 Å². The van der Waals surface area contributed by atoms with Crippen LogP contribution in [0.2, 0.25) is 0 Å². The van der Waals surface area contributed by atoms with Crippen LogP contribution in [-0.4, -0.2) is 16.2 Å². The van der Waals surface area contributed by atoms with E-state index in [1.54, 1.807) is 18.2 Å². The van der Waals surface area contributed by atoms with Gasteiger partial charge in [-0.3, -0.25) is 0 Å². The van der Waals surface area contributed by atoms with Crippen LogP contribution in [-0.2, 0) is 4.79 Å². The molecule has 0 amide bonds. The van der Waals surface area contributed by atoms with Gasteiger partial charge >= 0.3 is 5.82 Å². The monoisotopic (exact) mass is 192 g/mol.